The summed E-state index contributed by atoms with van der Waals surface area (Å²) in [5.41, 5.74) is 9.03. The third kappa shape index (κ3) is 2.61. The van der Waals surface area contributed by atoms with Crippen LogP contribution in [-0.2, 0) is 4.74 Å². The molecule has 0 amide bonds. The van der Waals surface area contributed by atoms with Crippen LogP contribution in [0, 0.1) is 6.92 Å². The van der Waals surface area contributed by atoms with Crippen molar-refractivity contribution in [1.82, 2.24) is 4.57 Å². The van der Waals surface area contributed by atoms with Gasteiger partial charge in [-0.15, -0.1) is 11.3 Å². The molecule has 0 aliphatic heterocycles. The first-order valence-electron chi connectivity index (χ1n) is 8.63. The van der Waals surface area contributed by atoms with Gasteiger partial charge in [-0.3, -0.25) is 4.79 Å². The third-order valence-electron chi connectivity index (χ3n) is 4.56. The molecular formula is C21H18N2O3S. The molecule has 6 heteroatoms. The van der Waals surface area contributed by atoms with Crippen molar-refractivity contribution >= 4 is 44.1 Å². The number of aryl methyl sites for hydroxylation is 1. The van der Waals surface area contributed by atoms with Gasteiger partial charge in [-0.2, -0.15) is 0 Å². The van der Waals surface area contributed by atoms with Crippen LogP contribution in [0.4, 0.5) is 5.69 Å². The molecule has 0 bridgehead atoms. The number of pyridine rings is 1. The van der Waals surface area contributed by atoms with E-state index < -0.39 is 5.97 Å². The van der Waals surface area contributed by atoms with Crippen LogP contribution in [-0.4, -0.2) is 17.1 Å². The minimum absolute atomic E-state index is 0.172. The highest BCUT2D eigenvalue weighted by atomic mass is 32.1. The molecule has 2 aromatic heterocycles. The number of nitrogen functional groups attached to an aromatic ring is 1. The van der Waals surface area contributed by atoms with Gasteiger partial charge in [0.25, 0.3) is 0 Å². The number of aromatic nitrogens is 1. The van der Waals surface area contributed by atoms with E-state index in [1.807, 2.05) is 54.0 Å². The van der Waals surface area contributed by atoms with Gasteiger partial charge in [0, 0.05) is 11.1 Å². The number of nitrogens with two attached hydrogens (primary N) is 1. The van der Waals surface area contributed by atoms with Gasteiger partial charge in [0.1, 0.15) is 9.71 Å². The first-order chi connectivity index (χ1) is 13.0. The van der Waals surface area contributed by atoms with Crippen LogP contribution in [0.1, 0.15) is 22.2 Å². The molecule has 0 aliphatic carbocycles. The molecular weight excluding hydrogens is 360 g/mol. The van der Waals surface area contributed by atoms with Crippen molar-refractivity contribution in [3.63, 3.8) is 0 Å². The lowest BCUT2D eigenvalue weighted by Gasteiger charge is -2.15. The van der Waals surface area contributed by atoms with Crippen molar-refractivity contribution < 1.29 is 9.53 Å². The van der Waals surface area contributed by atoms with E-state index in [1.54, 1.807) is 13.0 Å². The summed E-state index contributed by atoms with van der Waals surface area (Å²) in [4.78, 5) is 26.4. The van der Waals surface area contributed by atoms with Crippen LogP contribution in [0.5, 0.6) is 0 Å². The zero-order valence-corrected chi connectivity index (χ0v) is 15.8. The average molecular weight is 378 g/mol. The summed E-state index contributed by atoms with van der Waals surface area (Å²) in [6.07, 6.45) is 0. The summed E-state index contributed by atoms with van der Waals surface area (Å²) in [6, 6.07) is 15.3. The van der Waals surface area contributed by atoms with E-state index in [-0.39, 0.29) is 22.6 Å². The fourth-order valence-electron chi connectivity index (χ4n) is 3.31. The molecule has 136 valence electrons. The summed E-state index contributed by atoms with van der Waals surface area (Å²) in [5.74, 6) is -0.504. The molecule has 0 saturated heterocycles. The van der Waals surface area contributed by atoms with Crippen molar-refractivity contribution in [1.29, 1.82) is 0 Å². The van der Waals surface area contributed by atoms with Crippen molar-refractivity contribution in [2.75, 3.05) is 12.3 Å². The van der Waals surface area contributed by atoms with E-state index in [9.17, 15) is 9.59 Å². The number of carbonyl (C=O) groups excluding carboxylic acids is 1. The van der Waals surface area contributed by atoms with Crippen LogP contribution >= 0.6 is 11.3 Å². The van der Waals surface area contributed by atoms with Gasteiger partial charge in [-0.05, 0) is 37.6 Å². The highest BCUT2D eigenvalue weighted by Gasteiger charge is 2.24. The SMILES string of the molecule is CCOC(=O)c1sc2c(c1N)c(=O)c1ccccc1n2-c1ccccc1C. The molecule has 0 aliphatic rings. The first kappa shape index (κ1) is 17.3. The predicted molar refractivity (Wildman–Crippen MR) is 110 cm³/mol. The Labute approximate surface area is 159 Å². The Hall–Kier alpha value is -3.12. The molecule has 0 saturated carbocycles. The van der Waals surface area contributed by atoms with E-state index in [0.29, 0.717) is 15.6 Å². The number of para-hydroxylation sites is 2. The Bertz CT molecular complexity index is 1250. The van der Waals surface area contributed by atoms with Crippen LogP contribution in [0.15, 0.2) is 53.3 Å². The molecule has 2 N–H and O–H groups in total. The summed E-state index contributed by atoms with van der Waals surface area (Å²) in [7, 11) is 0. The lowest BCUT2D eigenvalue weighted by atomic mass is 10.1. The maximum absolute atomic E-state index is 13.1. The number of benzene rings is 2. The monoisotopic (exact) mass is 378 g/mol. The van der Waals surface area contributed by atoms with Crippen LogP contribution in [0.2, 0.25) is 0 Å². The topological polar surface area (TPSA) is 74.3 Å². The van der Waals surface area contributed by atoms with Gasteiger partial charge >= 0.3 is 5.97 Å². The van der Waals surface area contributed by atoms with Gasteiger partial charge in [0.15, 0.2) is 5.43 Å². The zero-order valence-electron chi connectivity index (χ0n) is 15.0. The Balaban J connectivity index is 2.22. The average Bonchev–Trinajstić information content (AvgIpc) is 3.01. The Morgan fingerprint density at radius 3 is 2.59 bits per heavy atom. The number of hydrogen-bond donors (Lipinski definition) is 1. The van der Waals surface area contributed by atoms with Gasteiger partial charge in [0.2, 0.25) is 0 Å². The number of ether oxygens (including phenoxy) is 1. The second-order valence-corrected chi connectivity index (χ2v) is 7.21. The fourth-order valence-corrected chi connectivity index (χ4v) is 4.46. The minimum atomic E-state index is -0.504. The number of hydrogen-bond acceptors (Lipinski definition) is 5. The number of nitrogens with zero attached hydrogens (tertiary/aromatic N) is 1. The lowest BCUT2D eigenvalue weighted by molar-refractivity contribution is 0.0533. The molecule has 27 heavy (non-hydrogen) atoms. The zero-order chi connectivity index (χ0) is 19.1. The van der Waals surface area contributed by atoms with Gasteiger partial charge < -0.3 is 15.0 Å². The maximum Gasteiger partial charge on any atom is 0.350 e. The first-order valence-corrected chi connectivity index (χ1v) is 9.45. The van der Waals surface area contributed by atoms with E-state index in [2.05, 4.69) is 0 Å². The molecule has 4 aromatic rings. The van der Waals surface area contributed by atoms with Crippen molar-refractivity contribution in [3.8, 4) is 5.69 Å². The molecule has 0 unspecified atom stereocenters. The molecule has 2 heterocycles. The molecule has 2 aromatic carbocycles. The largest absolute Gasteiger partial charge is 0.462 e. The predicted octanol–water partition coefficient (Wildman–Crippen LogP) is 4.27. The third-order valence-corrected chi connectivity index (χ3v) is 5.73. The second-order valence-electron chi connectivity index (χ2n) is 6.21. The number of esters is 1. The summed E-state index contributed by atoms with van der Waals surface area (Å²) in [5, 5.41) is 0.929. The Morgan fingerprint density at radius 2 is 1.85 bits per heavy atom. The number of fused-ring (bicyclic) bond motifs is 2. The van der Waals surface area contributed by atoms with Crippen LogP contribution < -0.4 is 11.2 Å². The molecule has 0 fully saturated rings. The number of thiophene rings is 1. The Kier molecular flexibility index (Phi) is 4.20. The summed E-state index contributed by atoms with van der Waals surface area (Å²) < 4.78 is 7.13. The van der Waals surface area contributed by atoms with Crippen LogP contribution in [0.25, 0.3) is 26.8 Å². The molecule has 5 nitrogen and oxygen atoms in total. The lowest BCUT2D eigenvalue weighted by Crippen LogP contribution is -2.11. The highest BCUT2D eigenvalue weighted by Crippen LogP contribution is 2.36. The summed E-state index contributed by atoms with van der Waals surface area (Å²) >= 11 is 1.19. The van der Waals surface area contributed by atoms with Crippen LogP contribution in [0.3, 0.4) is 0 Å². The normalized spacial score (nSPS) is 11.2. The van der Waals surface area contributed by atoms with Gasteiger partial charge in [-0.25, -0.2) is 4.79 Å². The Morgan fingerprint density at radius 1 is 1.15 bits per heavy atom. The second kappa shape index (κ2) is 6.55. The number of rotatable bonds is 3. The molecule has 4 rings (SSSR count). The van der Waals surface area contributed by atoms with Gasteiger partial charge in [-0.1, -0.05) is 30.3 Å². The van der Waals surface area contributed by atoms with Crippen molar-refractivity contribution in [3.05, 3.63) is 69.2 Å². The van der Waals surface area contributed by atoms with E-state index in [4.69, 9.17) is 10.5 Å². The molecule has 0 atom stereocenters. The fraction of sp³-hybridized carbons (Fsp3) is 0.143. The maximum atomic E-state index is 13.1. The van der Waals surface area contributed by atoms with Crippen molar-refractivity contribution in [2.45, 2.75) is 13.8 Å². The number of carbonyl (C=O) groups is 1. The summed E-state index contributed by atoms with van der Waals surface area (Å²) in [6.45, 7) is 4.00. The molecule has 0 spiro atoms. The smallest absolute Gasteiger partial charge is 0.350 e. The van der Waals surface area contributed by atoms with E-state index in [1.165, 1.54) is 11.3 Å². The highest BCUT2D eigenvalue weighted by molar-refractivity contribution is 7.21. The van der Waals surface area contributed by atoms with Gasteiger partial charge in [0.05, 0.1) is 23.2 Å². The quantitative estimate of drug-likeness (QED) is 0.540. The standard InChI is InChI=1S/C21H18N2O3S/c1-3-26-21(25)19-17(22)16-18(24)13-9-5-7-11-15(13)23(20(16)27-19)14-10-6-4-8-12(14)2/h4-11H,3,22H2,1-2H3. The van der Waals surface area contributed by atoms with Crippen molar-refractivity contribution in [2.24, 2.45) is 0 Å². The van der Waals surface area contributed by atoms with E-state index in [0.717, 1.165) is 16.8 Å². The minimum Gasteiger partial charge on any atom is -0.462 e. The molecule has 0 radical (unpaired) electrons. The van der Waals surface area contributed by atoms with E-state index >= 15 is 0 Å². The number of anilines is 1.